The van der Waals surface area contributed by atoms with Crippen LogP contribution in [0.2, 0.25) is 0 Å². The van der Waals surface area contributed by atoms with Gasteiger partial charge in [0.05, 0.1) is 17.9 Å². The normalized spacial score (nSPS) is 15.2. The van der Waals surface area contributed by atoms with Crippen LogP contribution < -0.4 is 26.8 Å². The molecule has 4 heterocycles. The van der Waals surface area contributed by atoms with Crippen molar-refractivity contribution in [3.63, 3.8) is 0 Å². The van der Waals surface area contributed by atoms with Crippen molar-refractivity contribution < 1.29 is 9.84 Å². The summed E-state index contributed by atoms with van der Waals surface area (Å²) < 4.78 is 7.15. The van der Waals surface area contributed by atoms with Gasteiger partial charge in [-0.05, 0) is 25.0 Å². The topological polar surface area (TPSA) is 166 Å². The van der Waals surface area contributed by atoms with Crippen molar-refractivity contribution in [2.24, 2.45) is 4.99 Å². The van der Waals surface area contributed by atoms with Crippen molar-refractivity contribution >= 4 is 11.7 Å². The monoisotopic (exact) mass is 408 g/mol. The predicted octanol–water partition coefficient (Wildman–Crippen LogP) is -1.28. The minimum absolute atomic E-state index is 0.0635. The molecular weight excluding hydrogens is 392 g/mol. The Morgan fingerprint density at radius 2 is 2.10 bits per heavy atom. The average Bonchev–Trinajstić information content (AvgIpc) is 3.35. The zero-order chi connectivity index (χ0) is 20.7. The van der Waals surface area contributed by atoms with E-state index in [0.717, 1.165) is 12.8 Å². The Kier molecular flexibility index (Phi) is 4.16. The van der Waals surface area contributed by atoms with Crippen LogP contribution in [0.4, 0.5) is 0 Å². The van der Waals surface area contributed by atoms with E-state index >= 15 is 0 Å². The lowest BCUT2D eigenvalue weighted by atomic mass is 10.3. The van der Waals surface area contributed by atoms with Gasteiger partial charge >= 0.3 is 11.7 Å². The molecule has 1 fully saturated rings. The van der Waals surface area contributed by atoms with Gasteiger partial charge in [-0.2, -0.15) is 19.6 Å². The summed E-state index contributed by atoms with van der Waals surface area (Å²) in [6.45, 7) is 0.0637. The van der Waals surface area contributed by atoms with E-state index in [1.807, 2.05) is 0 Å². The van der Waals surface area contributed by atoms with Crippen LogP contribution in [0.5, 0.6) is 11.9 Å². The van der Waals surface area contributed by atoms with Crippen molar-refractivity contribution in [3.05, 3.63) is 67.5 Å². The number of aromatic nitrogens is 7. The highest BCUT2D eigenvalue weighted by molar-refractivity contribution is 5.56. The summed E-state index contributed by atoms with van der Waals surface area (Å²) >= 11 is 0. The SMILES string of the molecule is O=c1cccc(COc2nc(=NC3CC3)n3nc/c(=C/c4[nH]c(=O)[nH]c4O)c3n2)[nH]1. The van der Waals surface area contributed by atoms with Crippen molar-refractivity contribution in [1.82, 2.24) is 34.5 Å². The first kappa shape index (κ1) is 17.8. The quantitative estimate of drug-likeness (QED) is 0.319. The fourth-order valence-electron chi connectivity index (χ4n) is 2.85. The van der Waals surface area contributed by atoms with E-state index < -0.39 is 5.69 Å². The summed E-state index contributed by atoms with van der Waals surface area (Å²) in [5.74, 6) is -0.291. The first-order valence-electron chi connectivity index (χ1n) is 9.19. The molecule has 4 aromatic rings. The first-order chi connectivity index (χ1) is 14.5. The standard InChI is InChI=1S/C18H16N8O4/c27-13-3-1-2-11(20-13)8-30-18-23-14-9(6-12-15(28)24-17(29)22-12)7-19-26(14)16(25-18)21-10-4-5-10/h1-3,6-7,10,28H,4-5,8H2,(H,20,27)(H2,22,24,29)/b9-6-,21-16?. The molecule has 1 aliphatic rings. The number of rotatable bonds is 5. The lowest BCUT2D eigenvalue weighted by Gasteiger charge is -2.04. The van der Waals surface area contributed by atoms with Gasteiger partial charge in [0.25, 0.3) is 5.62 Å². The molecule has 1 aliphatic carbocycles. The number of ether oxygens (including phenoxy) is 1. The van der Waals surface area contributed by atoms with Crippen molar-refractivity contribution in [2.75, 3.05) is 0 Å². The van der Waals surface area contributed by atoms with Gasteiger partial charge in [-0.3, -0.25) is 9.78 Å². The van der Waals surface area contributed by atoms with Gasteiger partial charge in [-0.15, -0.1) is 0 Å². The molecule has 1 saturated carbocycles. The molecule has 0 unspecified atom stereocenters. The van der Waals surface area contributed by atoms with Crippen LogP contribution in [0.25, 0.3) is 11.7 Å². The Morgan fingerprint density at radius 3 is 2.83 bits per heavy atom. The molecule has 4 aromatic heterocycles. The number of H-pyrrole nitrogens is 3. The average molecular weight is 408 g/mol. The molecule has 0 saturated heterocycles. The zero-order valence-electron chi connectivity index (χ0n) is 15.5. The van der Waals surface area contributed by atoms with Crippen molar-refractivity contribution in [3.8, 4) is 11.9 Å². The number of hydrogen-bond acceptors (Lipinski definition) is 8. The second kappa shape index (κ2) is 6.99. The first-order valence-corrected chi connectivity index (χ1v) is 9.19. The predicted molar refractivity (Wildman–Crippen MR) is 103 cm³/mol. The van der Waals surface area contributed by atoms with Crippen LogP contribution in [-0.2, 0) is 6.61 Å². The minimum atomic E-state index is -0.532. The number of aromatic hydroxyl groups is 1. The van der Waals surface area contributed by atoms with E-state index in [-0.39, 0.29) is 35.8 Å². The van der Waals surface area contributed by atoms with Gasteiger partial charge in [0, 0.05) is 11.3 Å². The van der Waals surface area contributed by atoms with E-state index in [4.69, 9.17) is 4.74 Å². The largest absolute Gasteiger partial charge is 0.493 e. The molecular formula is C18H16N8O4. The van der Waals surface area contributed by atoms with Gasteiger partial charge in [0.15, 0.2) is 5.65 Å². The molecule has 30 heavy (non-hydrogen) atoms. The number of nitrogens with zero attached hydrogens (tertiary/aromatic N) is 5. The molecule has 0 spiro atoms. The molecule has 12 heteroatoms. The summed E-state index contributed by atoms with van der Waals surface area (Å²) in [5, 5.41) is 14.6. The van der Waals surface area contributed by atoms with Crippen LogP contribution in [0.15, 0.2) is 39.0 Å². The fourth-order valence-corrected chi connectivity index (χ4v) is 2.85. The molecule has 0 radical (unpaired) electrons. The highest BCUT2D eigenvalue weighted by Crippen LogP contribution is 2.22. The number of aromatic amines is 3. The molecule has 152 valence electrons. The summed E-state index contributed by atoms with van der Waals surface area (Å²) in [7, 11) is 0. The van der Waals surface area contributed by atoms with Crippen LogP contribution in [0, 0.1) is 0 Å². The maximum atomic E-state index is 11.5. The third-order valence-electron chi connectivity index (χ3n) is 4.42. The summed E-state index contributed by atoms with van der Waals surface area (Å²) in [6, 6.07) is 5.01. The maximum Gasteiger partial charge on any atom is 0.326 e. The van der Waals surface area contributed by atoms with Crippen LogP contribution in [0.3, 0.4) is 0 Å². The van der Waals surface area contributed by atoms with Crippen LogP contribution in [0.1, 0.15) is 24.2 Å². The third kappa shape index (κ3) is 3.57. The van der Waals surface area contributed by atoms with Gasteiger partial charge in [0.1, 0.15) is 12.3 Å². The number of pyridine rings is 1. The van der Waals surface area contributed by atoms with Crippen molar-refractivity contribution in [2.45, 2.75) is 25.5 Å². The number of imidazole rings is 1. The van der Waals surface area contributed by atoms with E-state index in [2.05, 4.69) is 35.0 Å². The highest BCUT2D eigenvalue weighted by atomic mass is 16.5. The zero-order valence-corrected chi connectivity index (χ0v) is 15.5. The lowest BCUT2D eigenvalue weighted by molar-refractivity contribution is 0.274. The smallest absolute Gasteiger partial charge is 0.326 e. The van der Waals surface area contributed by atoms with Gasteiger partial charge in [0.2, 0.25) is 11.4 Å². The molecule has 0 aliphatic heterocycles. The number of nitrogens with one attached hydrogen (secondary N) is 3. The number of hydrogen-bond donors (Lipinski definition) is 4. The third-order valence-corrected chi connectivity index (χ3v) is 4.42. The Morgan fingerprint density at radius 1 is 1.23 bits per heavy atom. The van der Waals surface area contributed by atoms with Crippen LogP contribution >= 0.6 is 0 Å². The highest BCUT2D eigenvalue weighted by Gasteiger charge is 2.21. The van der Waals surface area contributed by atoms with E-state index in [9.17, 15) is 14.7 Å². The van der Waals surface area contributed by atoms with Gasteiger partial charge < -0.3 is 19.8 Å². The molecule has 0 atom stereocenters. The number of fused-ring (bicyclic) bond motifs is 1. The molecule has 0 aromatic carbocycles. The van der Waals surface area contributed by atoms with E-state index in [1.54, 1.807) is 12.1 Å². The molecule has 4 N–H and O–H groups in total. The Hall–Kier alpha value is -4.22. The second-order valence-corrected chi connectivity index (χ2v) is 6.82. The Labute approximate surface area is 166 Å². The second-order valence-electron chi connectivity index (χ2n) is 6.82. The summed E-state index contributed by atoms with van der Waals surface area (Å²) in [6.07, 6.45) is 5.01. The van der Waals surface area contributed by atoms with Gasteiger partial charge in [-0.25, -0.2) is 9.79 Å². The Balaban J connectivity index is 1.60. The van der Waals surface area contributed by atoms with E-state index in [1.165, 1.54) is 22.9 Å². The molecule has 0 bridgehead atoms. The summed E-state index contributed by atoms with van der Waals surface area (Å²) in [5.41, 5.74) is 0.730. The molecule has 12 nitrogen and oxygen atoms in total. The van der Waals surface area contributed by atoms with Crippen molar-refractivity contribution in [1.29, 1.82) is 0 Å². The maximum absolute atomic E-state index is 11.5. The van der Waals surface area contributed by atoms with E-state index in [0.29, 0.717) is 22.2 Å². The fraction of sp³-hybridized carbons (Fsp3) is 0.222. The molecule has 5 rings (SSSR count). The minimum Gasteiger partial charge on any atom is -0.493 e. The summed E-state index contributed by atoms with van der Waals surface area (Å²) in [4.78, 5) is 43.5. The van der Waals surface area contributed by atoms with Gasteiger partial charge in [-0.1, -0.05) is 6.07 Å². The lowest BCUT2D eigenvalue weighted by Crippen LogP contribution is -2.24. The molecule has 0 amide bonds. The Bertz CT molecular complexity index is 1470. The van der Waals surface area contributed by atoms with Crippen LogP contribution in [-0.4, -0.2) is 45.7 Å².